The van der Waals surface area contributed by atoms with Gasteiger partial charge in [-0.05, 0) is 25.0 Å². The van der Waals surface area contributed by atoms with E-state index < -0.39 is 0 Å². The summed E-state index contributed by atoms with van der Waals surface area (Å²) in [7, 11) is 0. The van der Waals surface area contributed by atoms with Crippen molar-refractivity contribution in [1.29, 1.82) is 0 Å². The van der Waals surface area contributed by atoms with Gasteiger partial charge in [-0.25, -0.2) is 0 Å². The first-order chi connectivity index (χ1) is 11.2. The van der Waals surface area contributed by atoms with E-state index in [9.17, 15) is 9.59 Å². The smallest absolute Gasteiger partial charge is 0.256 e. The molecule has 1 heterocycles. The monoisotopic (exact) mass is 316 g/mol. The van der Waals surface area contributed by atoms with Gasteiger partial charge in [0, 0.05) is 6.04 Å². The van der Waals surface area contributed by atoms with Gasteiger partial charge in [0.15, 0.2) is 0 Å². The molecule has 126 valence electrons. The van der Waals surface area contributed by atoms with Crippen LogP contribution in [0.5, 0.6) is 0 Å². The van der Waals surface area contributed by atoms with Gasteiger partial charge in [-0.2, -0.15) is 0 Å². The molecule has 1 aromatic rings. The molecule has 1 unspecified atom stereocenters. The number of carbonyl (C=O) groups is 2. The summed E-state index contributed by atoms with van der Waals surface area (Å²) < 4.78 is 0. The first-order valence-corrected chi connectivity index (χ1v) is 8.87. The summed E-state index contributed by atoms with van der Waals surface area (Å²) >= 11 is 0. The van der Waals surface area contributed by atoms with Crippen molar-refractivity contribution < 1.29 is 9.59 Å². The zero-order chi connectivity index (χ0) is 16.7. The molecule has 0 saturated heterocycles. The zero-order valence-corrected chi connectivity index (χ0v) is 14.3. The molecule has 0 bridgehead atoms. The molecule has 0 spiro atoms. The Morgan fingerprint density at radius 3 is 2.48 bits per heavy atom. The number of rotatable bonds is 8. The topological polar surface area (TPSA) is 49.4 Å². The highest BCUT2D eigenvalue weighted by atomic mass is 16.2. The molecule has 0 aromatic heterocycles. The summed E-state index contributed by atoms with van der Waals surface area (Å²) in [4.78, 5) is 27.0. The molecule has 0 radical (unpaired) electrons. The van der Waals surface area contributed by atoms with Gasteiger partial charge in [0.1, 0.15) is 6.54 Å². The molecule has 0 aliphatic carbocycles. The van der Waals surface area contributed by atoms with Crippen molar-refractivity contribution in [3.05, 3.63) is 29.8 Å². The summed E-state index contributed by atoms with van der Waals surface area (Å²) in [5.74, 6) is -0.114. The van der Waals surface area contributed by atoms with Gasteiger partial charge in [-0.3, -0.25) is 9.59 Å². The fourth-order valence-electron chi connectivity index (χ4n) is 3.17. The van der Waals surface area contributed by atoms with Gasteiger partial charge in [0.05, 0.1) is 11.3 Å². The van der Waals surface area contributed by atoms with Crippen LogP contribution < -0.4 is 5.32 Å². The van der Waals surface area contributed by atoms with Crippen LogP contribution in [-0.2, 0) is 4.79 Å². The third-order valence-electron chi connectivity index (χ3n) is 4.48. The van der Waals surface area contributed by atoms with Crippen LogP contribution in [0, 0.1) is 0 Å². The summed E-state index contributed by atoms with van der Waals surface area (Å²) in [6.45, 7) is 4.51. The van der Waals surface area contributed by atoms with Crippen LogP contribution >= 0.6 is 0 Å². The number of anilines is 1. The maximum absolute atomic E-state index is 13.0. The molecule has 1 atom stereocenters. The molecular weight excluding hydrogens is 288 g/mol. The van der Waals surface area contributed by atoms with Gasteiger partial charge < -0.3 is 10.2 Å². The van der Waals surface area contributed by atoms with Crippen LogP contribution in [0.15, 0.2) is 24.3 Å². The van der Waals surface area contributed by atoms with Crippen molar-refractivity contribution in [1.82, 2.24) is 4.90 Å². The lowest BCUT2D eigenvalue weighted by Crippen LogP contribution is -2.43. The number of nitrogens with one attached hydrogen (secondary N) is 1. The first kappa shape index (κ1) is 17.5. The maximum atomic E-state index is 13.0. The second-order valence-corrected chi connectivity index (χ2v) is 6.32. The quantitative estimate of drug-likeness (QED) is 0.730. The minimum Gasteiger partial charge on any atom is -0.326 e. The average Bonchev–Trinajstić information content (AvgIpc) is 2.68. The molecule has 0 saturated carbocycles. The summed E-state index contributed by atoms with van der Waals surface area (Å²) in [6.07, 6.45) is 7.60. The Morgan fingerprint density at radius 1 is 1.04 bits per heavy atom. The first-order valence-electron chi connectivity index (χ1n) is 8.87. The van der Waals surface area contributed by atoms with Crippen molar-refractivity contribution in [2.75, 3.05) is 11.9 Å². The summed E-state index contributed by atoms with van der Waals surface area (Å²) in [6, 6.07) is 7.46. The molecule has 1 aromatic carbocycles. The van der Waals surface area contributed by atoms with Gasteiger partial charge in [0.25, 0.3) is 5.91 Å². The molecule has 2 rings (SSSR count). The van der Waals surface area contributed by atoms with Crippen molar-refractivity contribution >= 4 is 17.5 Å². The number of fused-ring (bicyclic) bond motifs is 1. The SMILES string of the molecule is CCCCCC(CCCC)N1CC(=O)Nc2ccccc2C1=O. The number of unbranched alkanes of at least 4 members (excludes halogenated alkanes) is 3. The predicted molar refractivity (Wildman–Crippen MR) is 93.6 cm³/mol. The molecular formula is C19H28N2O2. The number of para-hydroxylation sites is 1. The Kier molecular flexibility index (Phi) is 6.63. The van der Waals surface area contributed by atoms with Gasteiger partial charge in [-0.15, -0.1) is 0 Å². The van der Waals surface area contributed by atoms with Crippen molar-refractivity contribution in [3.8, 4) is 0 Å². The minimum atomic E-state index is -0.0970. The van der Waals surface area contributed by atoms with E-state index in [-0.39, 0.29) is 24.4 Å². The van der Waals surface area contributed by atoms with E-state index in [1.54, 1.807) is 17.0 Å². The van der Waals surface area contributed by atoms with Gasteiger partial charge in [-0.1, -0.05) is 58.1 Å². The molecule has 1 aliphatic rings. The molecule has 1 aliphatic heterocycles. The van der Waals surface area contributed by atoms with E-state index in [4.69, 9.17) is 0 Å². The van der Waals surface area contributed by atoms with Crippen LogP contribution in [0.1, 0.15) is 69.2 Å². The van der Waals surface area contributed by atoms with Crippen LogP contribution in [0.3, 0.4) is 0 Å². The fourth-order valence-corrected chi connectivity index (χ4v) is 3.17. The lowest BCUT2D eigenvalue weighted by atomic mass is 10.00. The van der Waals surface area contributed by atoms with E-state index in [1.807, 2.05) is 12.1 Å². The second-order valence-electron chi connectivity index (χ2n) is 6.32. The minimum absolute atomic E-state index is 0.0171. The van der Waals surface area contributed by atoms with E-state index >= 15 is 0 Å². The maximum Gasteiger partial charge on any atom is 0.256 e. The Bertz CT molecular complexity index is 542. The van der Waals surface area contributed by atoms with E-state index in [1.165, 1.54) is 6.42 Å². The van der Waals surface area contributed by atoms with E-state index in [0.29, 0.717) is 11.3 Å². The number of carbonyl (C=O) groups excluding carboxylic acids is 2. The Morgan fingerprint density at radius 2 is 1.74 bits per heavy atom. The van der Waals surface area contributed by atoms with Crippen molar-refractivity contribution in [3.63, 3.8) is 0 Å². The Hall–Kier alpha value is -1.84. The average molecular weight is 316 g/mol. The number of hydrogen-bond donors (Lipinski definition) is 1. The van der Waals surface area contributed by atoms with Crippen LogP contribution in [0.25, 0.3) is 0 Å². The van der Waals surface area contributed by atoms with Crippen LogP contribution in [-0.4, -0.2) is 29.3 Å². The predicted octanol–water partition coefficient (Wildman–Crippen LogP) is 4.22. The summed E-state index contributed by atoms with van der Waals surface area (Å²) in [5, 5.41) is 2.86. The van der Waals surface area contributed by atoms with Gasteiger partial charge in [0.2, 0.25) is 5.91 Å². The zero-order valence-electron chi connectivity index (χ0n) is 14.3. The Labute approximate surface area is 139 Å². The highest BCUT2D eigenvalue weighted by Crippen LogP contribution is 2.25. The summed E-state index contributed by atoms with van der Waals surface area (Å²) in [5.41, 5.74) is 1.24. The normalized spacial score (nSPS) is 15.8. The molecule has 2 amide bonds. The van der Waals surface area contributed by atoms with Crippen LogP contribution in [0.4, 0.5) is 5.69 Å². The van der Waals surface area contributed by atoms with Crippen molar-refractivity contribution in [2.24, 2.45) is 0 Å². The highest BCUT2D eigenvalue weighted by molar-refractivity contribution is 6.08. The lowest BCUT2D eigenvalue weighted by Gasteiger charge is -2.30. The number of amides is 2. The highest BCUT2D eigenvalue weighted by Gasteiger charge is 2.30. The lowest BCUT2D eigenvalue weighted by molar-refractivity contribution is -0.117. The molecule has 4 nitrogen and oxygen atoms in total. The molecule has 0 fully saturated rings. The number of nitrogens with zero attached hydrogens (tertiary/aromatic N) is 1. The van der Waals surface area contributed by atoms with E-state index in [0.717, 1.165) is 38.5 Å². The number of benzene rings is 1. The van der Waals surface area contributed by atoms with Crippen molar-refractivity contribution in [2.45, 2.75) is 64.8 Å². The van der Waals surface area contributed by atoms with Gasteiger partial charge >= 0.3 is 0 Å². The standard InChI is InChI=1S/C19H28N2O2/c1-3-5-7-11-15(10-6-4-2)21-14-18(22)20-17-13-9-8-12-16(17)19(21)23/h8-9,12-13,15H,3-7,10-11,14H2,1-2H3,(H,20,22). The third kappa shape index (κ3) is 4.57. The molecule has 4 heteroatoms. The third-order valence-corrected chi connectivity index (χ3v) is 4.48. The molecule has 23 heavy (non-hydrogen) atoms. The Balaban J connectivity index is 2.22. The number of hydrogen-bond acceptors (Lipinski definition) is 2. The van der Waals surface area contributed by atoms with E-state index in [2.05, 4.69) is 19.2 Å². The van der Waals surface area contributed by atoms with Crippen LogP contribution in [0.2, 0.25) is 0 Å². The largest absolute Gasteiger partial charge is 0.326 e. The second kappa shape index (κ2) is 8.70. The fraction of sp³-hybridized carbons (Fsp3) is 0.579. The molecule has 1 N–H and O–H groups in total.